The van der Waals surface area contributed by atoms with Crippen LogP contribution in [-0.4, -0.2) is 17.2 Å². The molecular formula is C12H14Cl2O2. The van der Waals surface area contributed by atoms with E-state index >= 15 is 0 Å². The van der Waals surface area contributed by atoms with Gasteiger partial charge in [-0.3, -0.25) is 0 Å². The summed E-state index contributed by atoms with van der Waals surface area (Å²) in [6.45, 7) is 2.05. The van der Waals surface area contributed by atoms with Crippen LogP contribution >= 0.6 is 23.2 Å². The second kappa shape index (κ2) is 5.26. The molecule has 1 aromatic carbocycles. The van der Waals surface area contributed by atoms with E-state index in [9.17, 15) is 0 Å². The summed E-state index contributed by atoms with van der Waals surface area (Å²) in [7, 11) is 0. The smallest absolute Gasteiger partial charge is 0.201 e. The molecule has 0 spiro atoms. The first-order valence-corrected chi connectivity index (χ1v) is 6.19. The number of benzene rings is 1. The molecule has 4 heteroatoms. The van der Waals surface area contributed by atoms with E-state index in [1.807, 2.05) is 30.3 Å². The topological polar surface area (TPSA) is 18.5 Å². The summed E-state index contributed by atoms with van der Waals surface area (Å²) in [4.78, 5) is 0. The van der Waals surface area contributed by atoms with Gasteiger partial charge in [-0.1, -0.05) is 36.7 Å². The van der Waals surface area contributed by atoms with E-state index in [4.69, 9.17) is 32.7 Å². The molecule has 0 aliphatic carbocycles. The third-order valence-electron chi connectivity index (χ3n) is 2.65. The summed E-state index contributed by atoms with van der Waals surface area (Å²) in [6.07, 6.45) is 0.446. The van der Waals surface area contributed by atoms with Gasteiger partial charge in [0.15, 0.2) is 5.56 Å². The van der Waals surface area contributed by atoms with Gasteiger partial charge in [-0.05, 0) is 18.1 Å². The van der Waals surface area contributed by atoms with Crippen LogP contribution in [0.1, 0.15) is 13.3 Å². The average molecular weight is 261 g/mol. The fourth-order valence-corrected chi connectivity index (χ4v) is 2.22. The SMILES string of the molecule is CC1CC(Oc2ccccc2)OC(Cl)C1Cl. The summed E-state index contributed by atoms with van der Waals surface area (Å²) in [5.74, 6) is 1.07. The molecule has 0 aromatic heterocycles. The fraction of sp³-hybridized carbons (Fsp3) is 0.500. The van der Waals surface area contributed by atoms with E-state index in [2.05, 4.69) is 6.92 Å². The van der Waals surface area contributed by atoms with E-state index in [-0.39, 0.29) is 17.6 Å². The number of hydrogen-bond donors (Lipinski definition) is 0. The molecule has 2 rings (SSSR count). The molecule has 0 radical (unpaired) electrons. The monoisotopic (exact) mass is 260 g/mol. The van der Waals surface area contributed by atoms with Crippen LogP contribution < -0.4 is 4.74 Å². The lowest BCUT2D eigenvalue weighted by Gasteiger charge is -2.34. The van der Waals surface area contributed by atoms with Crippen molar-refractivity contribution in [1.29, 1.82) is 0 Å². The van der Waals surface area contributed by atoms with Crippen LogP contribution in [0.25, 0.3) is 0 Å². The molecule has 1 heterocycles. The second-order valence-corrected chi connectivity index (χ2v) is 4.94. The van der Waals surface area contributed by atoms with Crippen LogP contribution in [-0.2, 0) is 4.74 Å². The van der Waals surface area contributed by atoms with E-state index in [0.29, 0.717) is 0 Å². The predicted molar refractivity (Wildman–Crippen MR) is 65.0 cm³/mol. The van der Waals surface area contributed by atoms with Gasteiger partial charge in [0.1, 0.15) is 5.75 Å². The fourth-order valence-electron chi connectivity index (χ4n) is 1.69. The normalized spacial score (nSPS) is 34.7. The molecule has 1 aliphatic rings. The molecule has 4 atom stereocenters. The van der Waals surface area contributed by atoms with Crippen molar-refractivity contribution in [2.24, 2.45) is 5.92 Å². The number of rotatable bonds is 2. The maximum atomic E-state index is 6.07. The van der Waals surface area contributed by atoms with Gasteiger partial charge >= 0.3 is 0 Å². The summed E-state index contributed by atoms with van der Waals surface area (Å²) >= 11 is 12.1. The molecule has 0 N–H and O–H groups in total. The molecule has 4 unspecified atom stereocenters. The zero-order valence-corrected chi connectivity index (χ0v) is 10.5. The third kappa shape index (κ3) is 2.82. The zero-order valence-electron chi connectivity index (χ0n) is 8.98. The van der Waals surface area contributed by atoms with E-state index in [1.165, 1.54) is 0 Å². The molecular weight excluding hydrogens is 247 g/mol. The van der Waals surface area contributed by atoms with Gasteiger partial charge in [0.25, 0.3) is 0 Å². The van der Waals surface area contributed by atoms with Gasteiger partial charge in [-0.25, -0.2) is 0 Å². The van der Waals surface area contributed by atoms with Crippen molar-refractivity contribution in [3.8, 4) is 5.75 Å². The zero-order chi connectivity index (χ0) is 11.5. The van der Waals surface area contributed by atoms with Crippen LogP contribution in [0.5, 0.6) is 5.75 Å². The highest BCUT2D eigenvalue weighted by Gasteiger charge is 2.35. The molecule has 1 aliphatic heterocycles. The van der Waals surface area contributed by atoms with Crippen LogP contribution in [0.3, 0.4) is 0 Å². The van der Waals surface area contributed by atoms with Gasteiger partial charge in [-0.2, -0.15) is 0 Å². The molecule has 88 valence electrons. The molecule has 16 heavy (non-hydrogen) atoms. The first-order valence-electron chi connectivity index (χ1n) is 5.32. The highest BCUT2D eigenvalue weighted by molar-refractivity contribution is 6.29. The standard InChI is InChI=1S/C12H14Cl2O2/c1-8-7-10(16-12(14)11(8)13)15-9-5-3-2-4-6-9/h2-6,8,10-12H,7H2,1H3. The lowest BCUT2D eigenvalue weighted by Crippen LogP contribution is -2.40. The Morgan fingerprint density at radius 2 is 1.94 bits per heavy atom. The minimum absolute atomic E-state index is 0.155. The van der Waals surface area contributed by atoms with Crippen LogP contribution in [0, 0.1) is 5.92 Å². The van der Waals surface area contributed by atoms with Gasteiger partial charge in [0.2, 0.25) is 6.29 Å². The highest BCUT2D eigenvalue weighted by Crippen LogP contribution is 2.32. The van der Waals surface area contributed by atoms with Crippen molar-refractivity contribution in [2.45, 2.75) is 30.6 Å². The van der Waals surface area contributed by atoms with Gasteiger partial charge in [0.05, 0.1) is 5.38 Å². The number of para-hydroxylation sites is 1. The van der Waals surface area contributed by atoms with Crippen molar-refractivity contribution in [3.63, 3.8) is 0 Å². The van der Waals surface area contributed by atoms with Gasteiger partial charge in [0, 0.05) is 6.42 Å². The highest BCUT2D eigenvalue weighted by atomic mass is 35.5. The van der Waals surface area contributed by atoms with Gasteiger partial charge in [-0.15, -0.1) is 11.6 Å². The first kappa shape index (κ1) is 12.0. The number of alkyl halides is 2. The summed E-state index contributed by atoms with van der Waals surface area (Å²) < 4.78 is 11.2. The summed E-state index contributed by atoms with van der Waals surface area (Å²) in [6, 6.07) is 9.57. The number of halogens is 2. The number of hydrogen-bond acceptors (Lipinski definition) is 2. The number of ether oxygens (including phenoxy) is 2. The lowest BCUT2D eigenvalue weighted by molar-refractivity contribution is -0.132. The van der Waals surface area contributed by atoms with Crippen LogP contribution in [0.2, 0.25) is 0 Å². The maximum absolute atomic E-state index is 6.07. The predicted octanol–water partition coefficient (Wildman–Crippen LogP) is 3.62. The lowest BCUT2D eigenvalue weighted by atomic mass is 10.0. The van der Waals surface area contributed by atoms with E-state index in [0.717, 1.165) is 12.2 Å². The second-order valence-electron chi connectivity index (χ2n) is 4.01. The molecule has 1 saturated heterocycles. The minimum Gasteiger partial charge on any atom is -0.465 e. The van der Waals surface area contributed by atoms with E-state index in [1.54, 1.807) is 0 Å². The quantitative estimate of drug-likeness (QED) is 0.757. The Bertz CT molecular complexity index is 319. The van der Waals surface area contributed by atoms with Crippen molar-refractivity contribution in [2.75, 3.05) is 0 Å². The third-order valence-corrected chi connectivity index (χ3v) is 3.81. The molecule has 0 bridgehead atoms. The van der Waals surface area contributed by atoms with Crippen molar-refractivity contribution in [3.05, 3.63) is 30.3 Å². The summed E-state index contributed by atoms with van der Waals surface area (Å²) in [5, 5.41) is -0.155. The summed E-state index contributed by atoms with van der Waals surface area (Å²) in [5.41, 5.74) is -0.487. The Labute approximate surface area is 105 Å². The largest absolute Gasteiger partial charge is 0.465 e. The Hall–Kier alpha value is -0.440. The Morgan fingerprint density at radius 1 is 1.25 bits per heavy atom. The average Bonchev–Trinajstić information content (AvgIpc) is 2.27. The molecule has 2 nitrogen and oxygen atoms in total. The van der Waals surface area contributed by atoms with Crippen LogP contribution in [0.4, 0.5) is 0 Å². The van der Waals surface area contributed by atoms with E-state index < -0.39 is 5.56 Å². The Kier molecular flexibility index (Phi) is 3.95. The first-order chi connectivity index (χ1) is 7.66. The van der Waals surface area contributed by atoms with Crippen molar-refractivity contribution >= 4 is 23.2 Å². The molecule has 0 saturated carbocycles. The Morgan fingerprint density at radius 3 is 2.56 bits per heavy atom. The van der Waals surface area contributed by atoms with Crippen molar-refractivity contribution in [1.82, 2.24) is 0 Å². The molecule has 1 fully saturated rings. The van der Waals surface area contributed by atoms with Crippen molar-refractivity contribution < 1.29 is 9.47 Å². The van der Waals surface area contributed by atoms with Crippen LogP contribution in [0.15, 0.2) is 30.3 Å². The van der Waals surface area contributed by atoms with Gasteiger partial charge < -0.3 is 9.47 Å². The molecule has 0 amide bonds. The molecule has 1 aromatic rings. The Balaban J connectivity index is 1.97. The minimum atomic E-state index is -0.487. The maximum Gasteiger partial charge on any atom is 0.201 e.